The number of aryl methyl sites for hydroxylation is 2. The van der Waals surface area contributed by atoms with Gasteiger partial charge >= 0.3 is 0 Å². The molecule has 134 valence electrons. The van der Waals surface area contributed by atoms with Crippen molar-refractivity contribution in [3.63, 3.8) is 0 Å². The van der Waals surface area contributed by atoms with Gasteiger partial charge in [0.25, 0.3) is 5.91 Å². The molecule has 0 fully saturated rings. The van der Waals surface area contributed by atoms with E-state index >= 15 is 0 Å². The van der Waals surface area contributed by atoms with Gasteiger partial charge in [-0.3, -0.25) is 9.59 Å². The highest BCUT2D eigenvalue weighted by Gasteiger charge is 2.13. The minimum Gasteiger partial charge on any atom is -0.361 e. The normalized spacial score (nSPS) is 11.8. The number of amides is 2. The van der Waals surface area contributed by atoms with Gasteiger partial charge in [-0.15, -0.1) is 0 Å². The number of carbonyl (C=O) groups excluding carboxylic acids is 2. The molecule has 0 aliphatic carbocycles. The fraction of sp³-hybridized carbons (Fsp3) is 0.421. The van der Waals surface area contributed by atoms with Gasteiger partial charge in [0.05, 0.1) is 12.1 Å². The predicted molar refractivity (Wildman–Crippen MR) is 95.2 cm³/mol. The van der Waals surface area contributed by atoms with E-state index in [-0.39, 0.29) is 24.3 Å². The maximum Gasteiger partial charge on any atom is 0.251 e. The minimum atomic E-state index is -0.0898. The Morgan fingerprint density at radius 2 is 1.88 bits per heavy atom. The number of nitrogens with one attached hydrogen (secondary N) is 2. The number of hydrogen-bond donors (Lipinski definition) is 2. The molecule has 25 heavy (non-hydrogen) atoms. The Labute approximate surface area is 148 Å². The summed E-state index contributed by atoms with van der Waals surface area (Å²) in [4.78, 5) is 24.1. The zero-order valence-corrected chi connectivity index (χ0v) is 15.2. The molecule has 0 saturated carbocycles. The summed E-state index contributed by atoms with van der Waals surface area (Å²) >= 11 is 0. The summed E-state index contributed by atoms with van der Waals surface area (Å²) in [6, 6.07) is 7.39. The molecule has 1 aromatic heterocycles. The molecule has 2 rings (SSSR count). The van der Waals surface area contributed by atoms with Gasteiger partial charge in [-0.05, 0) is 44.9 Å². The van der Waals surface area contributed by atoms with Gasteiger partial charge in [0, 0.05) is 23.7 Å². The Morgan fingerprint density at radius 3 is 2.44 bits per heavy atom. The van der Waals surface area contributed by atoms with Crippen LogP contribution in [0.3, 0.4) is 0 Å². The van der Waals surface area contributed by atoms with Gasteiger partial charge in [0.2, 0.25) is 5.91 Å². The van der Waals surface area contributed by atoms with Gasteiger partial charge in [-0.25, -0.2) is 0 Å². The van der Waals surface area contributed by atoms with Crippen molar-refractivity contribution in [3.05, 3.63) is 52.4 Å². The molecular weight excluding hydrogens is 318 g/mol. The first-order valence-corrected chi connectivity index (χ1v) is 8.49. The highest BCUT2D eigenvalue weighted by molar-refractivity contribution is 5.94. The number of benzene rings is 1. The van der Waals surface area contributed by atoms with Crippen molar-refractivity contribution in [2.24, 2.45) is 0 Å². The van der Waals surface area contributed by atoms with Crippen LogP contribution >= 0.6 is 0 Å². The molecule has 0 aliphatic heterocycles. The van der Waals surface area contributed by atoms with Crippen molar-refractivity contribution >= 4 is 11.8 Å². The first-order valence-electron chi connectivity index (χ1n) is 8.49. The maximum absolute atomic E-state index is 12.1. The average molecular weight is 343 g/mol. The number of aromatic nitrogens is 1. The van der Waals surface area contributed by atoms with Crippen LogP contribution in [-0.2, 0) is 17.8 Å². The molecule has 0 bridgehead atoms. The van der Waals surface area contributed by atoms with Gasteiger partial charge in [0.1, 0.15) is 5.76 Å². The third-order valence-electron chi connectivity index (χ3n) is 4.21. The Morgan fingerprint density at radius 1 is 1.20 bits per heavy atom. The fourth-order valence-corrected chi connectivity index (χ4v) is 2.36. The van der Waals surface area contributed by atoms with E-state index in [1.54, 1.807) is 19.1 Å². The second-order valence-corrected chi connectivity index (χ2v) is 6.24. The summed E-state index contributed by atoms with van der Waals surface area (Å²) in [5, 5.41) is 9.65. The molecule has 0 aliphatic rings. The third kappa shape index (κ3) is 5.17. The van der Waals surface area contributed by atoms with Crippen molar-refractivity contribution in [2.45, 2.75) is 53.1 Å². The summed E-state index contributed by atoms with van der Waals surface area (Å²) in [6.45, 7) is 8.03. The number of nitrogens with zero attached hydrogens (tertiary/aromatic N) is 1. The molecule has 0 saturated heterocycles. The molecule has 1 atom stereocenters. The maximum atomic E-state index is 12.1. The fourth-order valence-electron chi connectivity index (χ4n) is 2.36. The highest BCUT2D eigenvalue weighted by atomic mass is 16.5. The van der Waals surface area contributed by atoms with Crippen LogP contribution in [-0.4, -0.2) is 23.0 Å². The molecule has 1 unspecified atom stereocenters. The summed E-state index contributed by atoms with van der Waals surface area (Å²) in [7, 11) is 0. The molecule has 2 aromatic rings. The molecule has 6 nitrogen and oxygen atoms in total. The van der Waals surface area contributed by atoms with E-state index in [9.17, 15) is 9.59 Å². The monoisotopic (exact) mass is 343 g/mol. The van der Waals surface area contributed by atoms with E-state index in [0.717, 1.165) is 23.2 Å². The summed E-state index contributed by atoms with van der Waals surface area (Å²) in [5.74, 6) is 0.501. The lowest BCUT2D eigenvalue weighted by Gasteiger charge is -2.11. The van der Waals surface area contributed by atoms with Crippen LogP contribution in [0.2, 0.25) is 0 Å². The van der Waals surface area contributed by atoms with E-state index in [4.69, 9.17) is 4.52 Å². The van der Waals surface area contributed by atoms with Crippen LogP contribution in [0.5, 0.6) is 0 Å². The first kappa shape index (κ1) is 18.7. The van der Waals surface area contributed by atoms with Gasteiger partial charge in [-0.1, -0.05) is 24.2 Å². The Hall–Kier alpha value is -2.63. The molecule has 2 amide bonds. The van der Waals surface area contributed by atoms with E-state index in [2.05, 4.69) is 15.8 Å². The van der Waals surface area contributed by atoms with Crippen molar-refractivity contribution in [3.8, 4) is 0 Å². The predicted octanol–water partition coefficient (Wildman–Crippen LogP) is 2.68. The minimum absolute atomic E-state index is 0.0802. The van der Waals surface area contributed by atoms with Crippen LogP contribution in [0.25, 0.3) is 0 Å². The molecule has 0 spiro atoms. The van der Waals surface area contributed by atoms with Gasteiger partial charge < -0.3 is 15.2 Å². The molecular formula is C19H25N3O3. The highest BCUT2D eigenvalue weighted by Crippen LogP contribution is 2.13. The second kappa shape index (κ2) is 8.46. The molecule has 6 heteroatoms. The lowest BCUT2D eigenvalue weighted by atomic mass is 10.1. The van der Waals surface area contributed by atoms with Crippen LogP contribution in [0.4, 0.5) is 0 Å². The van der Waals surface area contributed by atoms with E-state index in [1.165, 1.54) is 0 Å². The van der Waals surface area contributed by atoms with Crippen molar-refractivity contribution in [2.75, 3.05) is 0 Å². The van der Waals surface area contributed by atoms with Crippen molar-refractivity contribution in [1.82, 2.24) is 15.8 Å². The van der Waals surface area contributed by atoms with Crippen molar-refractivity contribution in [1.29, 1.82) is 0 Å². The van der Waals surface area contributed by atoms with Crippen molar-refractivity contribution < 1.29 is 14.1 Å². The van der Waals surface area contributed by atoms with Gasteiger partial charge in [-0.2, -0.15) is 0 Å². The smallest absolute Gasteiger partial charge is 0.251 e. The van der Waals surface area contributed by atoms with Crippen LogP contribution in [0, 0.1) is 13.8 Å². The standard InChI is InChI=1S/C19H25N3O3/c1-5-12(2)21-19(24)16-8-6-15(7-9-16)11-20-18(23)10-17-13(3)22-25-14(17)4/h6-9,12H,5,10-11H2,1-4H3,(H,20,23)(H,21,24). The average Bonchev–Trinajstić information content (AvgIpc) is 2.92. The SMILES string of the molecule is CCC(C)NC(=O)c1ccc(CNC(=O)Cc2c(C)noc2C)cc1. The van der Waals surface area contributed by atoms with Crippen LogP contribution in [0.1, 0.15) is 53.2 Å². The molecule has 1 heterocycles. The van der Waals surface area contributed by atoms with Gasteiger partial charge in [0.15, 0.2) is 0 Å². The van der Waals surface area contributed by atoms with Crippen LogP contribution < -0.4 is 10.6 Å². The largest absolute Gasteiger partial charge is 0.361 e. The number of hydrogen-bond acceptors (Lipinski definition) is 4. The Balaban J connectivity index is 1.87. The summed E-state index contributed by atoms with van der Waals surface area (Å²) < 4.78 is 5.06. The zero-order valence-electron chi connectivity index (χ0n) is 15.2. The zero-order chi connectivity index (χ0) is 18.4. The topological polar surface area (TPSA) is 84.2 Å². The lowest BCUT2D eigenvalue weighted by Crippen LogP contribution is -2.31. The quantitative estimate of drug-likeness (QED) is 0.809. The first-order chi connectivity index (χ1) is 11.9. The lowest BCUT2D eigenvalue weighted by molar-refractivity contribution is -0.120. The molecule has 2 N–H and O–H groups in total. The number of carbonyl (C=O) groups is 2. The summed E-state index contributed by atoms with van der Waals surface area (Å²) in [5.41, 5.74) is 3.12. The Kier molecular flexibility index (Phi) is 6.33. The second-order valence-electron chi connectivity index (χ2n) is 6.24. The Bertz CT molecular complexity index is 715. The summed E-state index contributed by atoms with van der Waals surface area (Å²) in [6.07, 6.45) is 1.14. The van der Waals surface area contributed by atoms with Crippen LogP contribution in [0.15, 0.2) is 28.8 Å². The van der Waals surface area contributed by atoms with E-state index in [1.807, 2.05) is 32.9 Å². The molecule has 0 radical (unpaired) electrons. The third-order valence-corrected chi connectivity index (χ3v) is 4.21. The number of rotatable bonds is 7. The molecule has 1 aromatic carbocycles. The van der Waals surface area contributed by atoms with E-state index in [0.29, 0.717) is 17.9 Å². The van der Waals surface area contributed by atoms with E-state index < -0.39 is 0 Å².